The molecule has 0 radical (unpaired) electrons. The summed E-state index contributed by atoms with van der Waals surface area (Å²) in [5, 5.41) is 9.29. The zero-order valence-corrected chi connectivity index (χ0v) is 5.46. The van der Waals surface area contributed by atoms with Gasteiger partial charge in [-0.25, -0.2) is 0 Å². The molecule has 48 valence electrons. The van der Waals surface area contributed by atoms with E-state index in [9.17, 15) is 5.11 Å². The van der Waals surface area contributed by atoms with Crippen LogP contribution < -0.4 is 0 Å². The molecule has 0 aromatic rings. The number of hydrogen-bond acceptors (Lipinski definition) is 1. The minimum absolute atomic E-state index is 0.134. The molecule has 0 aliphatic heterocycles. The average Bonchev–Trinajstić information content (AvgIpc) is 2.44. The molecule has 2 rings (SSSR count). The van der Waals surface area contributed by atoms with Gasteiger partial charge in [-0.3, -0.25) is 0 Å². The van der Waals surface area contributed by atoms with Crippen molar-refractivity contribution in [3.63, 3.8) is 0 Å². The predicted octanol–water partition coefficient (Wildman–Crippen LogP) is 2.02. The van der Waals surface area contributed by atoms with Crippen molar-refractivity contribution >= 4 is 0 Å². The number of aliphatic hydroxyl groups excluding tert-OH is 1. The molecule has 1 heteroatoms. The first-order valence-corrected chi connectivity index (χ1v) is 3.31. The Kier molecular flexibility index (Phi) is 0.696. The van der Waals surface area contributed by atoms with E-state index in [2.05, 4.69) is 13.0 Å². The lowest BCUT2D eigenvalue weighted by Gasteiger charge is -2.10. The molecule has 2 aliphatic carbocycles. The Morgan fingerprint density at radius 2 is 2.56 bits per heavy atom. The van der Waals surface area contributed by atoms with Crippen LogP contribution in [0.25, 0.3) is 0 Å². The standard InChI is InChI=1S/C8H10O/c1-8-5-6(8)3-2-4-7(8)9/h2-4,6,9H,5H2,1H3. The van der Waals surface area contributed by atoms with E-state index in [1.54, 1.807) is 6.08 Å². The summed E-state index contributed by atoms with van der Waals surface area (Å²) in [5.74, 6) is 1.19. The summed E-state index contributed by atoms with van der Waals surface area (Å²) in [5.41, 5.74) is 0.134. The Bertz CT molecular complexity index is 203. The first-order chi connectivity index (χ1) is 4.23. The molecule has 2 atom stereocenters. The van der Waals surface area contributed by atoms with Crippen molar-refractivity contribution in [2.24, 2.45) is 11.3 Å². The Morgan fingerprint density at radius 1 is 1.78 bits per heavy atom. The van der Waals surface area contributed by atoms with Crippen LogP contribution in [0.5, 0.6) is 0 Å². The fourth-order valence-electron chi connectivity index (χ4n) is 1.44. The summed E-state index contributed by atoms with van der Waals surface area (Å²) < 4.78 is 0. The van der Waals surface area contributed by atoms with Crippen molar-refractivity contribution in [1.29, 1.82) is 0 Å². The van der Waals surface area contributed by atoms with Gasteiger partial charge in [0.15, 0.2) is 0 Å². The van der Waals surface area contributed by atoms with Gasteiger partial charge >= 0.3 is 0 Å². The number of aliphatic hydroxyl groups is 1. The minimum atomic E-state index is 0.134. The van der Waals surface area contributed by atoms with E-state index in [0.29, 0.717) is 11.7 Å². The molecular weight excluding hydrogens is 112 g/mol. The van der Waals surface area contributed by atoms with Crippen molar-refractivity contribution in [2.75, 3.05) is 0 Å². The molecule has 9 heavy (non-hydrogen) atoms. The third-order valence-electron chi connectivity index (χ3n) is 2.48. The Morgan fingerprint density at radius 3 is 3.11 bits per heavy atom. The molecule has 0 saturated heterocycles. The topological polar surface area (TPSA) is 20.2 Å². The molecule has 0 amide bonds. The van der Waals surface area contributed by atoms with E-state index in [4.69, 9.17) is 0 Å². The van der Waals surface area contributed by atoms with Crippen molar-refractivity contribution < 1.29 is 5.11 Å². The third-order valence-corrected chi connectivity index (χ3v) is 2.48. The second-order valence-corrected chi connectivity index (χ2v) is 3.16. The maximum Gasteiger partial charge on any atom is 0.0987 e. The van der Waals surface area contributed by atoms with E-state index in [1.165, 1.54) is 0 Å². The SMILES string of the molecule is CC12CC1C=CC=C2O. The van der Waals surface area contributed by atoms with Crippen LogP contribution in [-0.2, 0) is 0 Å². The number of allylic oxidation sites excluding steroid dienone is 4. The van der Waals surface area contributed by atoms with Crippen molar-refractivity contribution in [3.05, 3.63) is 24.0 Å². The van der Waals surface area contributed by atoms with E-state index in [1.807, 2.05) is 6.08 Å². The monoisotopic (exact) mass is 122 g/mol. The first-order valence-electron chi connectivity index (χ1n) is 3.31. The number of fused-ring (bicyclic) bond motifs is 1. The van der Waals surface area contributed by atoms with Gasteiger partial charge in [-0.15, -0.1) is 0 Å². The van der Waals surface area contributed by atoms with Crippen molar-refractivity contribution in [2.45, 2.75) is 13.3 Å². The van der Waals surface area contributed by atoms with E-state index in [-0.39, 0.29) is 5.41 Å². The summed E-state index contributed by atoms with van der Waals surface area (Å²) in [6.07, 6.45) is 7.03. The van der Waals surface area contributed by atoms with Crippen LogP contribution in [0.3, 0.4) is 0 Å². The van der Waals surface area contributed by atoms with Crippen LogP contribution in [0, 0.1) is 11.3 Å². The highest BCUT2D eigenvalue weighted by Crippen LogP contribution is 2.58. The zero-order chi connectivity index (χ0) is 6.48. The second-order valence-electron chi connectivity index (χ2n) is 3.16. The summed E-state index contributed by atoms with van der Waals surface area (Å²) in [4.78, 5) is 0. The maximum absolute atomic E-state index is 9.29. The van der Waals surface area contributed by atoms with E-state index >= 15 is 0 Å². The highest BCUT2D eigenvalue weighted by molar-refractivity contribution is 5.31. The van der Waals surface area contributed by atoms with Crippen molar-refractivity contribution in [3.8, 4) is 0 Å². The lowest BCUT2D eigenvalue weighted by atomic mass is 10.00. The molecule has 0 aromatic carbocycles. The molecule has 1 nitrogen and oxygen atoms in total. The van der Waals surface area contributed by atoms with E-state index < -0.39 is 0 Å². The fraction of sp³-hybridized carbons (Fsp3) is 0.500. The van der Waals surface area contributed by atoms with Gasteiger partial charge in [0.1, 0.15) is 0 Å². The van der Waals surface area contributed by atoms with Crippen LogP contribution in [0.4, 0.5) is 0 Å². The molecule has 1 N–H and O–H groups in total. The summed E-state index contributed by atoms with van der Waals surface area (Å²) in [7, 11) is 0. The largest absolute Gasteiger partial charge is 0.512 e. The van der Waals surface area contributed by atoms with Gasteiger partial charge in [-0.05, 0) is 18.4 Å². The fourth-order valence-corrected chi connectivity index (χ4v) is 1.44. The van der Waals surface area contributed by atoms with Crippen LogP contribution in [0.15, 0.2) is 24.0 Å². The highest BCUT2D eigenvalue weighted by Gasteiger charge is 2.52. The Hall–Kier alpha value is -0.720. The normalized spacial score (nSPS) is 45.9. The summed E-state index contributed by atoms with van der Waals surface area (Å²) in [6.45, 7) is 2.10. The van der Waals surface area contributed by atoms with Crippen LogP contribution >= 0.6 is 0 Å². The molecular formula is C8H10O. The molecule has 0 bridgehead atoms. The number of hydrogen-bond donors (Lipinski definition) is 1. The van der Waals surface area contributed by atoms with Crippen LogP contribution in [0.1, 0.15) is 13.3 Å². The molecule has 2 unspecified atom stereocenters. The molecule has 0 spiro atoms. The van der Waals surface area contributed by atoms with Gasteiger partial charge in [-0.1, -0.05) is 19.1 Å². The molecule has 2 aliphatic rings. The summed E-state index contributed by atoms with van der Waals surface area (Å²) in [6, 6.07) is 0. The molecule has 1 fully saturated rings. The summed E-state index contributed by atoms with van der Waals surface area (Å²) >= 11 is 0. The lowest BCUT2D eigenvalue weighted by Crippen LogP contribution is -2.03. The Balaban J connectivity index is 2.38. The van der Waals surface area contributed by atoms with Gasteiger partial charge in [0.05, 0.1) is 5.76 Å². The third kappa shape index (κ3) is 0.493. The van der Waals surface area contributed by atoms with E-state index in [0.717, 1.165) is 6.42 Å². The van der Waals surface area contributed by atoms with Gasteiger partial charge in [0, 0.05) is 5.41 Å². The maximum atomic E-state index is 9.29. The van der Waals surface area contributed by atoms with Gasteiger partial charge in [-0.2, -0.15) is 0 Å². The molecule has 0 aromatic heterocycles. The minimum Gasteiger partial charge on any atom is -0.512 e. The zero-order valence-electron chi connectivity index (χ0n) is 5.46. The molecule has 0 heterocycles. The van der Waals surface area contributed by atoms with Crippen LogP contribution in [0.2, 0.25) is 0 Å². The van der Waals surface area contributed by atoms with Crippen LogP contribution in [-0.4, -0.2) is 5.11 Å². The average molecular weight is 122 g/mol. The first kappa shape index (κ1) is 5.10. The smallest absolute Gasteiger partial charge is 0.0987 e. The second kappa shape index (κ2) is 1.23. The quantitative estimate of drug-likeness (QED) is 0.521. The van der Waals surface area contributed by atoms with Gasteiger partial charge < -0.3 is 5.11 Å². The highest BCUT2D eigenvalue weighted by atomic mass is 16.3. The van der Waals surface area contributed by atoms with Gasteiger partial charge in [0.25, 0.3) is 0 Å². The van der Waals surface area contributed by atoms with Crippen molar-refractivity contribution in [1.82, 2.24) is 0 Å². The Labute approximate surface area is 54.7 Å². The number of rotatable bonds is 0. The lowest BCUT2D eigenvalue weighted by molar-refractivity contribution is 0.319. The predicted molar refractivity (Wildman–Crippen MR) is 36.1 cm³/mol. The van der Waals surface area contributed by atoms with Gasteiger partial charge in [0.2, 0.25) is 0 Å². The molecule has 1 saturated carbocycles.